The van der Waals surface area contributed by atoms with Crippen molar-refractivity contribution in [1.29, 1.82) is 0 Å². The Balaban J connectivity index is 1.83. The Morgan fingerprint density at radius 1 is 0.963 bits per heavy atom. The zero-order chi connectivity index (χ0) is 19.4. The molecule has 7 heteroatoms. The van der Waals surface area contributed by atoms with Gasteiger partial charge in [0.1, 0.15) is 11.4 Å². The molecule has 0 unspecified atom stereocenters. The maximum atomic E-state index is 13.7. The van der Waals surface area contributed by atoms with Crippen LogP contribution < -0.4 is 16.2 Å². The molecular weight excluding hydrogens is 349 g/mol. The second-order valence-corrected chi connectivity index (χ2v) is 5.81. The van der Waals surface area contributed by atoms with Gasteiger partial charge in [-0.2, -0.15) is 0 Å². The van der Waals surface area contributed by atoms with Gasteiger partial charge in [-0.25, -0.2) is 4.39 Å². The molecule has 2 aromatic carbocycles. The van der Waals surface area contributed by atoms with Crippen molar-refractivity contribution in [3.05, 3.63) is 82.4 Å². The van der Waals surface area contributed by atoms with Gasteiger partial charge in [0.25, 0.3) is 11.5 Å². The molecule has 0 saturated heterocycles. The molecule has 3 rings (SSSR count). The Kier molecular flexibility index (Phi) is 5.12. The van der Waals surface area contributed by atoms with E-state index in [1.54, 1.807) is 6.07 Å². The number of nitrogens with one attached hydrogen (secondary N) is 3. The van der Waals surface area contributed by atoms with Crippen LogP contribution in [0.25, 0.3) is 11.3 Å². The number of amides is 2. The Labute approximate surface area is 154 Å². The predicted octanol–water partition coefficient (Wildman–Crippen LogP) is 3.39. The normalized spacial score (nSPS) is 10.3. The summed E-state index contributed by atoms with van der Waals surface area (Å²) in [7, 11) is 0. The van der Waals surface area contributed by atoms with Crippen LogP contribution in [0.2, 0.25) is 0 Å². The highest BCUT2D eigenvalue weighted by molar-refractivity contribution is 6.04. The van der Waals surface area contributed by atoms with E-state index in [-0.39, 0.29) is 16.9 Å². The van der Waals surface area contributed by atoms with Crippen molar-refractivity contribution in [2.24, 2.45) is 0 Å². The Hall–Kier alpha value is -3.74. The summed E-state index contributed by atoms with van der Waals surface area (Å²) in [6.45, 7) is 1.25. The number of rotatable bonds is 4. The van der Waals surface area contributed by atoms with E-state index in [2.05, 4.69) is 15.6 Å². The minimum absolute atomic E-state index is 0.0614. The number of aromatic amines is 1. The fraction of sp³-hybridized carbons (Fsp3) is 0.0500. The van der Waals surface area contributed by atoms with Crippen molar-refractivity contribution in [2.45, 2.75) is 6.92 Å². The molecule has 3 N–H and O–H groups in total. The molecule has 0 saturated carbocycles. The van der Waals surface area contributed by atoms with Gasteiger partial charge in [-0.05, 0) is 35.9 Å². The minimum atomic E-state index is -0.642. The van der Waals surface area contributed by atoms with Gasteiger partial charge >= 0.3 is 0 Å². The van der Waals surface area contributed by atoms with Gasteiger partial charge in [-0.1, -0.05) is 30.3 Å². The zero-order valence-corrected chi connectivity index (χ0v) is 14.4. The van der Waals surface area contributed by atoms with Crippen LogP contribution in [0.4, 0.5) is 15.8 Å². The van der Waals surface area contributed by atoms with Crippen molar-refractivity contribution in [3.8, 4) is 11.3 Å². The van der Waals surface area contributed by atoms with E-state index in [4.69, 9.17) is 0 Å². The van der Waals surface area contributed by atoms with Crippen LogP contribution in [0.15, 0.2) is 65.5 Å². The molecule has 2 amide bonds. The van der Waals surface area contributed by atoms with E-state index < -0.39 is 23.2 Å². The lowest BCUT2D eigenvalue weighted by molar-refractivity contribution is -0.114. The molecule has 136 valence electrons. The number of carbonyl (C=O) groups is 2. The molecule has 0 aliphatic heterocycles. The highest BCUT2D eigenvalue weighted by Gasteiger charge is 2.13. The lowest BCUT2D eigenvalue weighted by Crippen LogP contribution is -2.23. The fourth-order valence-electron chi connectivity index (χ4n) is 2.53. The van der Waals surface area contributed by atoms with E-state index in [0.717, 1.165) is 11.6 Å². The number of H-pyrrole nitrogens is 1. The maximum Gasteiger partial charge on any atom is 0.261 e. The van der Waals surface area contributed by atoms with Crippen LogP contribution >= 0.6 is 0 Å². The number of hydrogen-bond donors (Lipinski definition) is 3. The smallest absolute Gasteiger partial charge is 0.261 e. The molecule has 1 heterocycles. The Morgan fingerprint density at radius 3 is 2.37 bits per heavy atom. The van der Waals surface area contributed by atoms with Gasteiger partial charge in [0.15, 0.2) is 0 Å². The summed E-state index contributed by atoms with van der Waals surface area (Å²) < 4.78 is 13.7. The summed E-state index contributed by atoms with van der Waals surface area (Å²) in [5, 5.41) is 4.85. The summed E-state index contributed by atoms with van der Waals surface area (Å²) in [6, 6.07) is 16.0. The van der Waals surface area contributed by atoms with Gasteiger partial charge in [0, 0.05) is 18.3 Å². The maximum absolute atomic E-state index is 13.7. The number of pyridine rings is 1. The highest BCUT2D eigenvalue weighted by Crippen LogP contribution is 2.20. The third-order valence-electron chi connectivity index (χ3n) is 3.77. The summed E-state index contributed by atoms with van der Waals surface area (Å²) in [6.07, 6.45) is 0. The number of benzene rings is 2. The highest BCUT2D eigenvalue weighted by atomic mass is 19.1. The van der Waals surface area contributed by atoms with Crippen LogP contribution in [0.1, 0.15) is 17.3 Å². The molecule has 6 nitrogen and oxygen atoms in total. The third kappa shape index (κ3) is 4.27. The average molecular weight is 365 g/mol. The SMILES string of the molecule is CC(=O)Nc1cc(NC(=O)c2ccc(-c3ccccc3)[nH]c2=O)ccc1F. The summed E-state index contributed by atoms with van der Waals surface area (Å²) >= 11 is 0. The third-order valence-corrected chi connectivity index (χ3v) is 3.77. The second kappa shape index (κ2) is 7.65. The summed E-state index contributed by atoms with van der Waals surface area (Å²) in [4.78, 5) is 38.4. The molecule has 0 bridgehead atoms. The molecule has 0 aliphatic rings. The largest absolute Gasteiger partial charge is 0.324 e. The van der Waals surface area contributed by atoms with Gasteiger partial charge in [0.05, 0.1) is 5.69 Å². The van der Waals surface area contributed by atoms with E-state index >= 15 is 0 Å². The van der Waals surface area contributed by atoms with Crippen molar-refractivity contribution in [2.75, 3.05) is 10.6 Å². The molecule has 0 aliphatic carbocycles. The number of carbonyl (C=O) groups excluding carboxylic acids is 2. The summed E-state index contributed by atoms with van der Waals surface area (Å²) in [5.74, 6) is -1.71. The molecule has 3 aromatic rings. The van der Waals surface area contributed by atoms with Gasteiger partial charge in [-0.3, -0.25) is 14.4 Å². The number of anilines is 2. The predicted molar refractivity (Wildman–Crippen MR) is 101 cm³/mol. The number of hydrogen-bond acceptors (Lipinski definition) is 3. The first-order valence-corrected chi connectivity index (χ1v) is 8.11. The molecule has 0 fully saturated rings. The topological polar surface area (TPSA) is 91.1 Å². The number of halogens is 1. The van der Waals surface area contributed by atoms with Crippen LogP contribution in [-0.2, 0) is 4.79 Å². The standard InChI is InChI=1S/C20H16FN3O3/c1-12(25)22-18-11-14(7-9-16(18)21)23-19(26)15-8-10-17(24-20(15)27)13-5-3-2-4-6-13/h2-11H,1H3,(H,22,25)(H,23,26)(H,24,27). The molecule has 27 heavy (non-hydrogen) atoms. The van der Waals surface area contributed by atoms with Crippen molar-refractivity contribution in [1.82, 2.24) is 4.98 Å². The van der Waals surface area contributed by atoms with Crippen molar-refractivity contribution in [3.63, 3.8) is 0 Å². The molecule has 1 aromatic heterocycles. The molecule has 0 spiro atoms. The quantitative estimate of drug-likeness (QED) is 0.662. The first kappa shape index (κ1) is 18.1. The van der Waals surface area contributed by atoms with E-state index in [1.165, 1.54) is 25.1 Å². The average Bonchev–Trinajstić information content (AvgIpc) is 2.64. The lowest BCUT2D eigenvalue weighted by Gasteiger charge is -2.09. The fourth-order valence-corrected chi connectivity index (χ4v) is 2.53. The van der Waals surface area contributed by atoms with E-state index in [9.17, 15) is 18.8 Å². The first-order chi connectivity index (χ1) is 12.9. The van der Waals surface area contributed by atoms with Crippen LogP contribution in [0, 0.1) is 5.82 Å². The van der Waals surface area contributed by atoms with Crippen LogP contribution in [0.5, 0.6) is 0 Å². The van der Waals surface area contributed by atoms with Gasteiger partial charge in [0.2, 0.25) is 5.91 Å². The lowest BCUT2D eigenvalue weighted by atomic mass is 10.1. The number of aromatic nitrogens is 1. The molecule has 0 radical (unpaired) electrons. The Bertz CT molecular complexity index is 1060. The van der Waals surface area contributed by atoms with Gasteiger partial charge < -0.3 is 15.6 Å². The van der Waals surface area contributed by atoms with Gasteiger partial charge in [-0.15, -0.1) is 0 Å². The van der Waals surface area contributed by atoms with E-state index in [1.807, 2.05) is 30.3 Å². The zero-order valence-electron chi connectivity index (χ0n) is 14.4. The minimum Gasteiger partial charge on any atom is -0.324 e. The monoisotopic (exact) mass is 365 g/mol. The first-order valence-electron chi connectivity index (χ1n) is 8.11. The van der Waals surface area contributed by atoms with Crippen LogP contribution in [-0.4, -0.2) is 16.8 Å². The molecule has 0 atom stereocenters. The molecular formula is C20H16FN3O3. The second-order valence-electron chi connectivity index (χ2n) is 5.81. The van der Waals surface area contributed by atoms with Crippen LogP contribution in [0.3, 0.4) is 0 Å². The van der Waals surface area contributed by atoms with Crippen molar-refractivity contribution >= 4 is 23.2 Å². The van der Waals surface area contributed by atoms with Crippen molar-refractivity contribution < 1.29 is 14.0 Å². The summed E-state index contributed by atoms with van der Waals surface area (Å²) in [5.41, 5.74) is 0.968. The Morgan fingerprint density at radius 2 is 1.70 bits per heavy atom. The van der Waals surface area contributed by atoms with E-state index in [0.29, 0.717) is 5.69 Å².